The third-order valence-electron chi connectivity index (χ3n) is 1.47. The van der Waals surface area contributed by atoms with Gasteiger partial charge in [-0.25, -0.2) is 0 Å². The molecule has 60 valence electrons. The predicted octanol–water partition coefficient (Wildman–Crippen LogP) is -1.64. The van der Waals surface area contributed by atoms with Crippen molar-refractivity contribution < 1.29 is 20.1 Å². The molecule has 3 N–H and O–H groups in total. The van der Waals surface area contributed by atoms with E-state index in [9.17, 15) is 0 Å². The van der Waals surface area contributed by atoms with Crippen molar-refractivity contribution >= 4 is 12.6 Å². The summed E-state index contributed by atoms with van der Waals surface area (Å²) in [5, 5.41) is 26.4. The van der Waals surface area contributed by atoms with Crippen LogP contribution >= 0.6 is 12.6 Å². The van der Waals surface area contributed by atoms with Gasteiger partial charge in [-0.1, -0.05) is 0 Å². The van der Waals surface area contributed by atoms with E-state index in [0.717, 1.165) is 0 Å². The van der Waals surface area contributed by atoms with E-state index in [1.165, 1.54) is 0 Å². The lowest BCUT2D eigenvalue weighted by Gasteiger charge is -2.32. The summed E-state index contributed by atoms with van der Waals surface area (Å²) >= 11 is 3.91. The first-order valence-electron chi connectivity index (χ1n) is 2.97. The molecule has 0 aromatic rings. The normalized spacial score (nSPS) is 49.2. The molecule has 5 heteroatoms. The summed E-state index contributed by atoms with van der Waals surface area (Å²) in [6.07, 6.45) is -3.53. The molecule has 1 aliphatic heterocycles. The predicted molar refractivity (Wildman–Crippen MR) is 36.7 cm³/mol. The highest BCUT2D eigenvalue weighted by molar-refractivity contribution is 7.81. The van der Waals surface area contributed by atoms with Crippen LogP contribution in [0.25, 0.3) is 0 Å². The van der Waals surface area contributed by atoms with Crippen molar-refractivity contribution in [2.45, 2.75) is 23.7 Å². The van der Waals surface area contributed by atoms with E-state index in [0.29, 0.717) is 0 Å². The zero-order valence-electron chi connectivity index (χ0n) is 5.21. The summed E-state index contributed by atoms with van der Waals surface area (Å²) in [5.74, 6) is 0. The van der Waals surface area contributed by atoms with Gasteiger partial charge in [0.1, 0.15) is 6.10 Å². The highest BCUT2D eigenvalue weighted by Crippen LogP contribution is 2.16. The summed E-state index contributed by atoms with van der Waals surface area (Å²) in [7, 11) is 0. The second-order valence-corrected chi connectivity index (χ2v) is 2.94. The van der Waals surface area contributed by atoms with Crippen LogP contribution in [0.2, 0.25) is 0 Å². The lowest BCUT2D eigenvalue weighted by Crippen LogP contribution is -2.50. The third-order valence-corrected chi connectivity index (χ3v) is 1.93. The van der Waals surface area contributed by atoms with Crippen molar-refractivity contribution in [3.8, 4) is 0 Å². The fourth-order valence-electron chi connectivity index (χ4n) is 0.791. The summed E-state index contributed by atoms with van der Waals surface area (Å²) in [6, 6.07) is 0. The molecule has 0 aliphatic carbocycles. The average molecular weight is 166 g/mol. The molecule has 4 nitrogen and oxygen atoms in total. The van der Waals surface area contributed by atoms with Gasteiger partial charge in [0.15, 0.2) is 6.29 Å². The molecule has 10 heavy (non-hydrogen) atoms. The van der Waals surface area contributed by atoms with E-state index in [4.69, 9.17) is 15.3 Å². The SMILES string of the molecule is OC1C(O)[C@@H](O)OC[C@H]1S. The third kappa shape index (κ3) is 1.43. The number of hydrogen-bond donors (Lipinski definition) is 4. The molecule has 1 aliphatic rings. The first-order chi connectivity index (χ1) is 4.63. The fraction of sp³-hybridized carbons (Fsp3) is 1.00. The molecule has 1 rings (SSSR count). The van der Waals surface area contributed by atoms with Gasteiger partial charge in [-0.05, 0) is 0 Å². The number of thiol groups is 1. The summed E-state index contributed by atoms with van der Waals surface area (Å²) in [6.45, 7) is 0.155. The Balaban J connectivity index is 2.52. The first kappa shape index (κ1) is 8.29. The maximum absolute atomic E-state index is 9.05. The maximum Gasteiger partial charge on any atom is 0.183 e. The number of rotatable bonds is 0. The van der Waals surface area contributed by atoms with Gasteiger partial charge in [0, 0.05) is 0 Å². The zero-order chi connectivity index (χ0) is 7.72. The maximum atomic E-state index is 9.05. The van der Waals surface area contributed by atoms with Gasteiger partial charge in [0.25, 0.3) is 0 Å². The van der Waals surface area contributed by atoms with E-state index >= 15 is 0 Å². The van der Waals surface area contributed by atoms with Crippen molar-refractivity contribution in [1.29, 1.82) is 0 Å². The van der Waals surface area contributed by atoms with Crippen molar-refractivity contribution in [2.24, 2.45) is 0 Å². The Labute approximate surface area is 63.8 Å². The molecule has 0 spiro atoms. The van der Waals surface area contributed by atoms with Crippen LogP contribution in [0.5, 0.6) is 0 Å². The van der Waals surface area contributed by atoms with Crippen molar-refractivity contribution in [3.63, 3.8) is 0 Å². The summed E-state index contributed by atoms with van der Waals surface area (Å²) in [4.78, 5) is 0. The number of hydrogen-bond acceptors (Lipinski definition) is 5. The molecule has 0 aromatic carbocycles. The molecule has 2 unspecified atom stereocenters. The highest BCUT2D eigenvalue weighted by Gasteiger charge is 2.35. The van der Waals surface area contributed by atoms with Crippen molar-refractivity contribution in [2.75, 3.05) is 6.61 Å². The molecule has 1 saturated heterocycles. The zero-order valence-corrected chi connectivity index (χ0v) is 6.11. The molecule has 4 atom stereocenters. The first-order valence-corrected chi connectivity index (χ1v) is 3.48. The minimum Gasteiger partial charge on any atom is -0.389 e. The van der Waals surface area contributed by atoms with Gasteiger partial charge in [0.2, 0.25) is 0 Å². The minimum absolute atomic E-state index is 0.155. The number of aliphatic hydroxyl groups excluding tert-OH is 3. The van der Waals surface area contributed by atoms with Crippen molar-refractivity contribution in [3.05, 3.63) is 0 Å². The second kappa shape index (κ2) is 3.06. The molecular formula is C5H10O4S. The summed E-state index contributed by atoms with van der Waals surface area (Å²) < 4.78 is 4.64. The van der Waals surface area contributed by atoms with Crippen LogP contribution in [0.15, 0.2) is 0 Å². The smallest absolute Gasteiger partial charge is 0.183 e. The molecule has 0 aromatic heterocycles. The van der Waals surface area contributed by atoms with Crippen LogP contribution in [-0.4, -0.2) is 45.7 Å². The number of aliphatic hydroxyl groups is 3. The van der Waals surface area contributed by atoms with Gasteiger partial charge >= 0.3 is 0 Å². The van der Waals surface area contributed by atoms with Gasteiger partial charge in [0.05, 0.1) is 18.0 Å². The monoisotopic (exact) mass is 166 g/mol. The molecule has 1 fully saturated rings. The van der Waals surface area contributed by atoms with E-state index in [2.05, 4.69) is 17.4 Å². The van der Waals surface area contributed by atoms with E-state index in [1.807, 2.05) is 0 Å². The van der Waals surface area contributed by atoms with Gasteiger partial charge in [-0.3, -0.25) is 0 Å². The van der Waals surface area contributed by atoms with E-state index in [-0.39, 0.29) is 6.61 Å². The van der Waals surface area contributed by atoms with Gasteiger partial charge in [-0.15, -0.1) is 0 Å². The molecule has 0 bridgehead atoms. The molecule has 0 amide bonds. The Kier molecular flexibility index (Phi) is 2.54. The van der Waals surface area contributed by atoms with Crippen LogP contribution in [0.4, 0.5) is 0 Å². The molecule has 1 heterocycles. The Morgan fingerprint density at radius 1 is 1.20 bits per heavy atom. The lowest BCUT2D eigenvalue weighted by molar-refractivity contribution is -0.216. The number of ether oxygens (including phenoxy) is 1. The molecular weight excluding hydrogens is 156 g/mol. The second-order valence-electron chi connectivity index (χ2n) is 2.27. The van der Waals surface area contributed by atoms with Crippen LogP contribution in [0.3, 0.4) is 0 Å². The van der Waals surface area contributed by atoms with Crippen LogP contribution in [0.1, 0.15) is 0 Å². The molecule has 0 radical (unpaired) electrons. The Hall–Kier alpha value is 0.190. The minimum atomic E-state index is -1.28. The average Bonchev–Trinajstić information content (AvgIpc) is 1.93. The van der Waals surface area contributed by atoms with E-state index < -0.39 is 23.7 Å². The highest BCUT2D eigenvalue weighted by atomic mass is 32.1. The van der Waals surface area contributed by atoms with Gasteiger partial charge < -0.3 is 20.1 Å². The largest absolute Gasteiger partial charge is 0.389 e. The van der Waals surface area contributed by atoms with Crippen LogP contribution in [0, 0.1) is 0 Å². The Bertz CT molecular complexity index is 106. The topological polar surface area (TPSA) is 69.9 Å². The Morgan fingerprint density at radius 2 is 1.80 bits per heavy atom. The quantitative estimate of drug-likeness (QED) is 0.326. The summed E-state index contributed by atoms with van der Waals surface area (Å²) in [5.41, 5.74) is 0. The lowest BCUT2D eigenvalue weighted by atomic mass is 10.1. The fourth-order valence-corrected chi connectivity index (χ4v) is 1.05. The van der Waals surface area contributed by atoms with Crippen LogP contribution in [-0.2, 0) is 4.74 Å². The van der Waals surface area contributed by atoms with Gasteiger partial charge in [-0.2, -0.15) is 12.6 Å². The van der Waals surface area contributed by atoms with Crippen LogP contribution < -0.4 is 0 Å². The molecule has 0 saturated carbocycles. The van der Waals surface area contributed by atoms with Crippen molar-refractivity contribution in [1.82, 2.24) is 0 Å². The Morgan fingerprint density at radius 3 is 2.30 bits per heavy atom. The standard InChI is InChI=1S/C5H10O4S/c6-3-2(10)1-9-5(8)4(3)7/h2-8,10H,1H2/t2-,3?,4?,5+/m1/s1. The van der Waals surface area contributed by atoms with E-state index in [1.54, 1.807) is 0 Å².